The van der Waals surface area contributed by atoms with Gasteiger partial charge in [0.05, 0.1) is 17.4 Å². The van der Waals surface area contributed by atoms with Gasteiger partial charge < -0.3 is 15.3 Å². The first-order valence-electron chi connectivity index (χ1n) is 5.18. The highest BCUT2D eigenvalue weighted by Crippen LogP contribution is 2.25. The lowest BCUT2D eigenvalue weighted by Gasteiger charge is -2.17. The van der Waals surface area contributed by atoms with E-state index in [1.165, 1.54) is 0 Å². The Morgan fingerprint density at radius 3 is 2.53 bits per heavy atom. The van der Waals surface area contributed by atoms with Crippen LogP contribution in [-0.4, -0.2) is 38.6 Å². The van der Waals surface area contributed by atoms with Crippen molar-refractivity contribution in [3.8, 4) is 0 Å². The van der Waals surface area contributed by atoms with Crippen molar-refractivity contribution in [3.63, 3.8) is 0 Å². The van der Waals surface area contributed by atoms with E-state index in [2.05, 4.69) is 0 Å². The number of hydrogen-bond acceptors (Lipinski definition) is 6. The van der Waals surface area contributed by atoms with Crippen molar-refractivity contribution >= 4 is 17.9 Å². The third kappa shape index (κ3) is 3.57. The van der Waals surface area contributed by atoms with Gasteiger partial charge in [0.25, 0.3) is 5.69 Å². The predicted molar refractivity (Wildman–Crippen MR) is 61.7 cm³/mol. The van der Waals surface area contributed by atoms with Gasteiger partial charge in [-0.2, -0.15) is 0 Å². The monoisotopic (exact) mass is 269 g/mol. The third-order valence-electron chi connectivity index (χ3n) is 2.48. The second-order valence-corrected chi connectivity index (χ2v) is 3.80. The highest BCUT2D eigenvalue weighted by molar-refractivity contribution is 5.79. The Bertz CT molecular complexity index is 514. The quantitative estimate of drug-likeness (QED) is 0.383. The molecule has 2 atom stereocenters. The Hall–Kier alpha value is -2.32. The molecule has 1 aromatic carbocycles. The molecule has 0 amide bonds. The molecular weight excluding hydrogens is 258 g/mol. The van der Waals surface area contributed by atoms with Gasteiger partial charge >= 0.3 is 5.97 Å². The van der Waals surface area contributed by atoms with Crippen LogP contribution in [0.3, 0.4) is 0 Å². The van der Waals surface area contributed by atoms with Gasteiger partial charge in [-0.1, -0.05) is 0 Å². The van der Waals surface area contributed by atoms with Crippen molar-refractivity contribution in [2.45, 2.75) is 18.6 Å². The molecule has 0 heterocycles. The molecule has 8 nitrogen and oxygen atoms in total. The first-order valence-corrected chi connectivity index (χ1v) is 5.18. The molecule has 0 aliphatic heterocycles. The molecule has 0 aliphatic carbocycles. The minimum Gasteiger partial charge on any atom is -0.481 e. The standard InChI is InChI=1S/C11H11NO7/c13-5-6-3-7(12(18)19)1-2-8(6)11(17)9(14)4-10(15)16/h1-3,5,9,11,14,17H,4H2,(H,15,16). The second-order valence-electron chi connectivity index (χ2n) is 3.80. The summed E-state index contributed by atoms with van der Waals surface area (Å²) in [5.41, 5.74) is -0.578. The fraction of sp³-hybridized carbons (Fsp3) is 0.273. The van der Waals surface area contributed by atoms with Crippen LogP contribution in [0.4, 0.5) is 5.69 Å². The van der Waals surface area contributed by atoms with Crippen molar-refractivity contribution in [1.29, 1.82) is 0 Å². The lowest BCUT2D eigenvalue weighted by Crippen LogP contribution is -2.22. The van der Waals surface area contributed by atoms with E-state index >= 15 is 0 Å². The highest BCUT2D eigenvalue weighted by Gasteiger charge is 2.24. The van der Waals surface area contributed by atoms with Crippen LogP contribution in [0.5, 0.6) is 0 Å². The zero-order valence-electron chi connectivity index (χ0n) is 9.59. The summed E-state index contributed by atoms with van der Waals surface area (Å²) in [6, 6.07) is 3.11. The maximum absolute atomic E-state index is 10.8. The van der Waals surface area contributed by atoms with Crippen molar-refractivity contribution in [3.05, 3.63) is 39.4 Å². The third-order valence-corrected chi connectivity index (χ3v) is 2.48. The molecule has 19 heavy (non-hydrogen) atoms. The van der Waals surface area contributed by atoms with Crippen LogP contribution in [0.1, 0.15) is 28.4 Å². The lowest BCUT2D eigenvalue weighted by molar-refractivity contribution is -0.384. The zero-order valence-corrected chi connectivity index (χ0v) is 9.59. The van der Waals surface area contributed by atoms with E-state index in [0.29, 0.717) is 6.29 Å². The normalized spacial score (nSPS) is 13.6. The van der Waals surface area contributed by atoms with E-state index < -0.39 is 29.5 Å². The number of nitro benzene ring substituents is 1. The van der Waals surface area contributed by atoms with Gasteiger partial charge in [0, 0.05) is 17.7 Å². The number of aldehydes is 1. The average molecular weight is 269 g/mol. The average Bonchev–Trinajstić information content (AvgIpc) is 2.36. The predicted octanol–water partition coefficient (Wildman–Crippen LogP) is 0.276. The fourth-order valence-corrected chi connectivity index (χ4v) is 1.54. The number of aliphatic hydroxyl groups excluding tert-OH is 2. The molecule has 0 aliphatic rings. The van der Waals surface area contributed by atoms with Gasteiger partial charge in [-0.15, -0.1) is 0 Å². The maximum Gasteiger partial charge on any atom is 0.306 e. The number of benzene rings is 1. The van der Waals surface area contributed by atoms with Crippen LogP contribution in [-0.2, 0) is 4.79 Å². The molecular formula is C11H11NO7. The van der Waals surface area contributed by atoms with E-state index in [1.54, 1.807) is 0 Å². The van der Waals surface area contributed by atoms with Crippen molar-refractivity contribution < 1.29 is 29.8 Å². The number of carbonyl (C=O) groups excluding carboxylic acids is 1. The Balaban J connectivity index is 3.09. The first-order chi connectivity index (χ1) is 8.86. The fourth-order valence-electron chi connectivity index (χ4n) is 1.54. The molecule has 0 spiro atoms. The molecule has 3 N–H and O–H groups in total. The molecule has 0 saturated carbocycles. The summed E-state index contributed by atoms with van der Waals surface area (Å²) >= 11 is 0. The number of rotatable bonds is 6. The Labute approximate surface area is 107 Å². The van der Waals surface area contributed by atoms with Crippen molar-refractivity contribution in [1.82, 2.24) is 0 Å². The minimum absolute atomic E-state index is 0.0608. The van der Waals surface area contributed by atoms with Crippen molar-refractivity contribution in [2.75, 3.05) is 0 Å². The van der Waals surface area contributed by atoms with Crippen LogP contribution < -0.4 is 0 Å². The number of carboxylic acid groups (broad SMARTS) is 1. The number of aliphatic hydroxyl groups is 2. The van der Waals surface area contributed by atoms with Crippen LogP contribution in [0.25, 0.3) is 0 Å². The SMILES string of the molecule is O=Cc1cc([N+](=O)[O-])ccc1C(O)C(O)CC(=O)O. The summed E-state index contributed by atoms with van der Waals surface area (Å²) in [6.07, 6.45) is -3.65. The zero-order chi connectivity index (χ0) is 14.6. The van der Waals surface area contributed by atoms with E-state index in [1.807, 2.05) is 0 Å². The molecule has 0 bridgehead atoms. The summed E-state index contributed by atoms with van der Waals surface area (Å²) in [6.45, 7) is 0. The lowest BCUT2D eigenvalue weighted by atomic mass is 9.97. The van der Waals surface area contributed by atoms with Gasteiger partial charge in [-0.25, -0.2) is 0 Å². The molecule has 8 heteroatoms. The molecule has 0 fully saturated rings. The Kier molecular flexibility index (Phi) is 4.67. The smallest absolute Gasteiger partial charge is 0.306 e. The summed E-state index contributed by atoms with van der Waals surface area (Å²) in [4.78, 5) is 31.1. The Morgan fingerprint density at radius 1 is 1.42 bits per heavy atom. The van der Waals surface area contributed by atoms with Crippen LogP contribution in [0.2, 0.25) is 0 Å². The largest absolute Gasteiger partial charge is 0.481 e. The molecule has 0 radical (unpaired) electrons. The summed E-state index contributed by atoms with van der Waals surface area (Å²) < 4.78 is 0. The first kappa shape index (κ1) is 14.7. The van der Waals surface area contributed by atoms with Gasteiger partial charge in [0.2, 0.25) is 0 Å². The number of nitrogens with zero attached hydrogens (tertiary/aromatic N) is 1. The van der Waals surface area contributed by atoms with Gasteiger partial charge in [-0.05, 0) is 11.6 Å². The maximum atomic E-state index is 10.8. The topological polar surface area (TPSA) is 138 Å². The number of hydrogen-bond donors (Lipinski definition) is 3. The van der Waals surface area contributed by atoms with E-state index in [-0.39, 0.29) is 16.8 Å². The molecule has 0 aromatic heterocycles. The highest BCUT2D eigenvalue weighted by atomic mass is 16.6. The number of nitro groups is 1. The molecule has 0 saturated heterocycles. The summed E-state index contributed by atoms with van der Waals surface area (Å²) in [7, 11) is 0. The van der Waals surface area contributed by atoms with Gasteiger partial charge in [0.1, 0.15) is 6.10 Å². The summed E-state index contributed by atoms with van der Waals surface area (Å²) in [5.74, 6) is -1.32. The molecule has 2 unspecified atom stereocenters. The van der Waals surface area contributed by atoms with E-state index in [0.717, 1.165) is 18.2 Å². The van der Waals surface area contributed by atoms with E-state index in [4.69, 9.17) is 5.11 Å². The van der Waals surface area contributed by atoms with Crippen LogP contribution >= 0.6 is 0 Å². The van der Waals surface area contributed by atoms with Gasteiger partial charge in [0.15, 0.2) is 6.29 Å². The van der Waals surface area contributed by atoms with Crippen LogP contribution in [0.15, 0.2) is 18.2 Å². The van der Waals surface area contributed by atoms with E-state index in [9.17, 15) is 29.9 Å². The van der Waals surface area contributed by atoms with Crippen molar-refractivity contribution in [2.24, 2.45) is 0 Å². The number of aliphatic carboxylic acids is 1. The molecule has 1 rings (SSSR count). The molecule has 1 aromatic rings. The Morgan fingerprint density at radius 2 is 2.05 bits per heavy atom. The number of carboxylic acids is 1. The number of non-ortho nitro benzene ring substituents is 1. The number of carbonyl (C=O) groups is 2. The summed E-state index contributed by atoms with van der Waals surface area (Å²) in [5, 5.41) is 38.2. The van der Waals surface area contributed by atoms with Crippen LogP contribution in [0, 0.1) is 10.1 Å². The van der Waals surface area contributed by atoms with Gasteiger partial charge in [-0.3, -0.25) is 19.7 Å². The minimum atomic E-state index is -1.61. The second kappa shape index (κ2) is 6.03. The molecule has 102 valence electrons.